The van der Waals surface area contributed by atoms with Crippen LogP contribution in [0.1, 0.15) is 31.2 Å². The monoisotopic (exact) mass is 412 g/mol. The van der Waals surface area contributed by atoms with Crippen molar-refractivity contribution in [3.63, 3.8) is 0 Å². The van der Waals surface area contributed by atoms with E-state index in [9.17, 15) is 18.3 Å². The lowest BCUT2D eigenvalue weighted by Gasteiger charge is -2.37. The van der Waals surface area contributed by atoms with Crippen molar-refractivity contribution in [1.82, 2.24) is 4.90 Å². The predicted molar refractivity (Wildman–Crippen MR) is 106 cm³/mol. The van der Waals surface area contributed by atoms with Crippen LogP contribution in [0.2, 0.25) is 0 Å². The Bertz CT molecular complexity index is 676. The summed E-state index contributed by atoms with van der Waals surface area (Å²) >= 11 is 0. The largest absolute Gasteiger partial charge is 0.416 e. The molecule has 4 rings (SSSR count). The van der Waals surface area contributed by atoms with Gasteiger partial charge in [0.05, 0.1) is 18.3 Å². The zero-order chi connectivity index (χ0) is 20.4. The molecule has 0 aromatic heterocycles. The number of fused-ring (bicyclic) bond motifs is 2. The van der Waals surface area contributed by atoms with Crippen molar-refractivity contribution < 1.29 is 23.0 Å². The summed E-state index contributed by atoms with van der Waals surface area (Å²) in [5.74, 6) is 2.42. The van der Waals surface area contributed by atoms with Gasteiger partial charge in [0.1, 0.15) is 0 Å². The number of rotatable bonds is 7. The van der Waals surface area contributed by atoms with Crippen LogP contribution in [0.15, 0.2) is 24.3 Å². The number of aliphatic hydroxyl groups excluding tert-OH is 1. The van der Waals surface area contributed by atoms with Crippen LogP contribution in [-0.2, 0) is 10.9 Å². The van der Waals surface area contributed by atoms with E-state index in [1.165, 1.54) is 37.8 Å². The number of ether oxygens (including phenoxy) is 1. The number of benzene rings is 1. The highest BCUT2D eigenvalue weighted by Crippen LogP contribution is 2.48. The number of nitrogens with zero attached hydrogens (tertiary/aromatic N) is 2. The van der Waals surface area contributed by atoms with Gasteiger partial charge in [-0.2, -0.15) is 13.2 Å². The van der Waals surface area contributed by atoms with Crippen LogP contribution in [0.4, 0.5) is 18.9 Å². The predicted octanol–water partition coefficient (Wildman–Crippen LogP) is 3.64. The average molecular weight is 412 g/mol. The van der Waals surface area contributed by atoms with Crippen LogP contribution in [0.5, 0.6) is 0 Å². The molecule has 0 radical (unpaired) electrons. The third-order valence-electron chi connectivity index (χ3n) is 6.91. The fourth-order valence-corrected chi connectivity index (χ4v) is 5.35. The van der Waals surface area contributed by atoms with Crippen LogP contribution < -0.4 is 4.90 Å². The Morgan fingerprint density at radius 3 is 2.55 bits per heavy atom. The van der Waals surface area contributed by atoms with E-state index < -0.39 is 17.8 Å². The second-order valence-corrected chi connectivity index (χ2v) is 8.96. The highest BCUT2D eigenvalue weighted by Gasteiger charge is 2.39. The minimum atomic E-state index is -4.32. The van der Waals surface area contributed by atoms with Crippen LogP contribution in [0, 0.1) is 17.8 Å². The Hall–Kier alpha value is -1.31. The molecule has 1 saturated heterocycles. The topological polar surface area (TPSA) is 35.9 Å². The van der Waals surface area contributed by atoms with Gasteiger partial charge < -0.3 is 14.7 Å². The zero-order valence-electron chi connectivity index (χ0n) is 16.8. The van der Waals surface area contributed by atoms with Gasteiger partial charge in [-0.15, -0.1) is 0 Å². The zero-order valence-corrected chi connectivity index (χ0v) is 16.8. The van der Waals surface area contributed by atoms with E-state index in [-0.39, 0.29) is 0 Å². The third kappa shape index (κ3) is 5.25. The molecule has 2 aliphatic carbocycles. The minimum absolute atomic E-state index is 0.363. The van der Waals surface area contributed by atoms with Gasteiger partial charge in [-0.1, -0.05) is 12.5 Å². The molecular weight excluding hydrogens is 381 g/mol. The summed E-state index contributed by atoms with van der Waals surface area (Å²) in [6.07, 6.45) is 0.548. The molecule has 1 heterocycles. The Morgan fingerprint density at radius 2 is 1.90 bits per heavy atom. The second kappa shape index (κ2) is 8.82. The van der Waals surface area contributed by atoms with E-state index in [0.717, 1.165) is 37.6 Å². The maximum atomic E-state index is 12.9. The molecule has 3 fully saturated rings. The molecule has 1 aromatic carbocycles. The van der Waals surface area contributed by atoms with Crippen molar-refractivity contribution in [2.75, 3.05) is 50.8 Å². The summed E-state index contributed by atoms with van der Waals surface area (Å²) in [6, 6.07) is 5.51. The van der Waals surface area contributed by atoms with Crippen molar-refractivity contribution in [2.24, 2.45) is 17.8 Å². The van der Waals surface area contributed by atoms with E-state index in [0.29, 0.717) is 37.8 Å². The van der Waals surface area contributed by atoms with Gasteiger partial charge in [-0.3, -0.25) is 4.90 Å². The van der Waals surface area contributed by atoms with Crippen molar-refractivity contribution in [3.8, 4) is 0 Å². The van der Waals surface area contributed by atoms with E-state index in [4.69, 9.17) is 4.74 Å². The highest BCUT2D eigenvalue weighted by molar-refractivity contribution is 5.49. The number of halogens is 3. The first-order chi connectivity index (χ1) is 13.9. The van der Waals surface area contributed by atoms with Crippen molar-refractivity contribution >= 4 is 5.69 Å². The summed E-state index contributed by atoms with van der Waals surface area (Å²) in [5, 5.41) is 10.3. The molecule has 2 saturated carbocycles. The number of hydrogen-bond donors (Lipinski definition) is 1. The fourth-order valence-electron chi connectivity index (χ4n) is 5.35. The Balaban J connectivity index is 1.17. The van der Waals surface area contributed by atoms with Gasteiger partial charge in [0.15, 0.2) is 0 Å². The molecule has 162 valence electrons. The number of piperazine rings is 1. The molecule has 0 amide bonds. The molecule has 29 heavy (non-hydrogen) atoms. The third-order valence-corrected chi connectivity index (χ3v) is 6.91. The van der Waals surface area contributed by atoms with Gasteiger partial charge in [-0.25, -0.2) is 0 Å². The molecule has 3 aliphatic rings. The maximum absolute atomic E-state index is 12.9. The first kappa shape index (κ1) is 20.9. The van der Waals surface area contributed by atoms with Crippen molar-refractivity contribution in [2.45, 2.75) is 38.0 Å². The van der Waals surface area contributed by atoms with E-state index >= 15 is 0 Å². The lowest BCUT2D eigenvalue weighted by molar-refractivity contribution is -0.137. The molecule has 7 heteroatoms. The van der Waals surface area contributed by atoms with Gasteiger partial charge >= 0.3 is 6.18 Å². The van der Waals surface area contributed by atoms with Crippen LogP contribution in [0.25, 0.3) is 0 Å². The second-order valence-electron chi connectivity index (χ2n) is 8.96. The van der Waals surface area contributed by atoms with Gasteiger partial charge in [0.25, 0.3) is 0 Å². The van der Waals surface area contributed by atoms with Gasteiger partial charge in [-0.05, 0) is 55.2 Å². The van der Waals surface area contributed by atoms with E-state index in [1.807, 2.05) is 4.90 Å². The SMILES string of the molecule is OC(COCC1CC2CCC1C2)CN1CCN(c2cccc(C(F)(F)F)c2)CC1. The molecule has 1 aliphatic heterocycles. The van der Waals surface area contributed by atoms with Crippen molar-refractivity contribution in [1.29, 1.82) is 0 Å². The van der Waals surface area contributed by atoms with Gasteiger partial charge in [0, 0.05) is 45.0 Å². The molecule has 2 bridgehead atoms. The number of β-amino-alcohol motifs (C(OH)–C–C–N with tert-alkyl or cyclic N) is 1. The molecule has 1 N–H and O–H groups in total. The number of anilines is 1. The summed E-state index contributed by atoms with van der Waals surface area (Å²) in [5.41, 5.74) is -0.00490. The standard InChI is InChI=1S/C22H31F3N2O2/c23-22(24,25)19-2-1-3-20(12-19)27-8-6-26(7-9-27)13-21(28)15-29-14-18-11-16-4-5-17(18)10-16/h1-3,12,16-18,21,28H,4-11,13-15H2. The molecule has 0 spiro atoms. The summed E-state index contributed by atoms with van der Waals surface area (Å²) < 4.78 is 44.6. The smallest absolute Gasteiger partial charge is 0.389 e. The quantitative estimate of drug-likeness (QED) is 0.742. The number of hydrogen-bond acceptors (Lipinski definition) is 4. The molecule has 1 aromatic rings. The fraction of sp³-hybridized carbons (Fsp3) is 0.727. The molecule has 4 unspecified atom stereocenters. The van der Waals surface area contributed by atoms with Gasteiger partial charge in [0.2, 0.25) is 0 Å². The Labute approximate surface area is 170 Å². The highest BCUT2D eigenvalue weighted by atomic mass is 19.4. The Morgan fingerprint density at radius 1 is 1.10 bits per heavy atom. The number of aliphatic hydroxyl groups is 1. The normalized spacial score (nSPS) is 28.8. The minimum Gasteiger partial charge on any atom is -0.389 e. The van der Waals surface area contributed by atoms with E-state index in [1.54, 1.807) is 6.07 Å². The van der Waals surface area contributed by atoms with Crippen molar-refractivity contribution in [3.05, 3.63) is 29.8 Å². The summed E-state index contributed by atoms with van der Waals surface area (Å²) in [7, 11) is 0. The number of alkyl halides is 3. The lowest BCUT2D eigenvalue weighted by Crippen LogP contribution is -2.49. The van der Waals surface area contributed by atoms with Crippen LogP contribution in [-0.4, -0.2) is 62.0 Å². The first-order valence-corrected chi connectivity index (χ1v) is 10.8. The maximum Gasteiger partial charge on any atom is 0.416 e. The Kier molecular flexibility index (Phi) is 6.37. The first-order valence-electron chi connectivity index (χ1n) is 10.8. The average Bonchev–Trinajstić information content (AvgIpc) is 3.31. The van der Waals surface area contributed by atoms with E-state index in [2.05, 4.69) is 4.90 Å². The van der Waals surface area contributed by atoms with Crippen LogP contribution in [0.3, 0.4) is 0 Å². The molecule has 4 nitrogen and oxygen atoms in total. The lowest BCUT2D eigenvalue weighted by atomic mass is 9.90. The molecular formula is C22H31F3N2O2. The summed E-state index contributed by atoms with van der Waals surface area (Å²) in [6.45, 7) is 4.43. The molecule has 4 atom stereocenters. The summed E-state index contributed by atoms with van der Waals surface area (Å²) in [4.78, 5) is 4.14. The van der Waals surface area contributed by atoms with Crippen LogP contribution >= 0.6 is 0 Å².